The van der Waals surface area contributed by atoms with Crippen LogP contribution < -0.4 is 114 Å². The summed E-state index contributed by atoms with van der Waals surface area (Å²) in [6, 6.07) is 4.74. The molecule has 0 aliphatic carbocycles. The molecule has 0 amide bonds. The second-order valence-electron chi connectivity index (χ2n) is 7.15. The molecular weight excluding hydrogens is 642 g/mol. The molecule has 2 rings (SSSR count). The van der Waals surface area contributed by atoms with Crippen LogP contribution in [-0.2, 0) is 25.7 Å². The fourth-order valence-corrected chi connectivity index (χ4v) is 2.75. The molecule has 2 aromatic carbocycles. The molecule has 41 heavy (non-hydrogen) atoms. The zero-order chi connectivity index (χ0) is 30.7. The Labute approximate surface area is 332 Å². The van der Waals surface area contributed by atoms with Crippen molar-refractivity contribution in [2.24, 2.45) is 11.7 Å². The Morgan fingerprint density at radius 1 is 1.02 bits per heavy atom. The SMILES string of the molecule is N[C@H](CO)C(=O)O.O=CO[O-].[C-]#[N+]c1ccc(C[C@H](CO)C(=O)O)c(C)c1Cl.[C-]#[N+]c1ccc(F)c(C)c1Cl.[H-].[K+].[K+]. The van der Waals surface area contributed by atoms with E-state index in [-0.39, 0.29) is 128 Å². The first-order chi connectivity index (χ1) is 18.3. The van der Waals surface area contributed by atoms with Gasteiger partial charge in [-0.25, -0.2) is 14.1 Å². The standard InChI is InChI=1S/C12H12ClNO3.C8H5ClFN.C3H7NO3.CH2O3.2K.H/c1-7-8(5-9(6-15)12(16)17)3-4-10(14-2)11(7)13;1-5-6(10)3-4-7(11-2)8(5)9;4-2(1-5)3(6)7;2-1-4-3;;;/h3-4,9,15H,5-6H2,1H3,(H,16,17);3-4H,1H3;2,5H,1,4H2,(H,6,7);1,3H;;;/q;;;;2*+1;-1/p-1/t9-;;2-;;;;/m1.1..../s1. The summed E-state index contributed by atoms with van der Waals surface area (Å²) in [5.41, 5.74) is 7.18. The maximum Gasteiger partial charge on any atom is 1.00 e. The summed E-state index contributed by atoms with van der Waals surface area (Å²) < 4.78 is 12.7. The Hall–Kier alpha value is -0.547. The van der Waals surface area contributed by atoms with E-state index >= 15 is 0 Å². The number of hydrogen-bond acceptors (Lipinski definition) is 8. The molecule has 0 aromatic heterocycles. The van der Waals surface area contributed by atoms with E-state index in [1.165, 1.54) is 12.1 Å². The summed E-state index contributed by atoms with van der Waals surface area (Å²) in [5, 5.41) is 42.7. The van der Waals surface area contributed by atoms with E-state index in [4.69, 9.17) is 72.6 Å². The molecule has 0 heterocycles. The first-order valence-corrected chi connectivity index (χ1v) is 11.2. The van der Waals surface area contributed by atoms with E-state index in [0.717, 1.165) is 5.56 Å². The molecular formula is C24H26Cl2FK2N3O9. The summed E-state index contributed by atoms with van der Waals surface area (Å²) in [6.07, 6.45) is 0.204. The van der Waals surface area contributed by atoms with Gasteiger partial charge in [-0.3, -0.25) is 14.4 Å². The molecule has 0 fully saturated rings. The third kappa shape index (κ3) is 18.7. The number of rotatable bonds is 7. The quantitative estimate of drug-likeness (QED) is 0.0656. The summed E-state index contributed by atoms with van der Waals surface area (Å²) in [5.74, 6) is -3.44. The Balaban J connectivity index is -0.000000159. The summed E-state index contributed by atoms with van der Waals surface area (Å²) in [4.78, 5) is 38.1. The van der Waals surface area contributed by atoms with E-state index in [9.17, 15) is 14.0 Å². The Morgan fingerprint density at radius 2 is 1.46 bits per heavy atom. The van der Waals surface area contributed by atoms with Crippen LogP contribution >= 0.6 is 23.2 Å². The monoisotopic (exact) mass is 667 g/mol. The van der Waals surface area contributed by atoms with Gasteiger partial charge in [0.25, 0.3) is 6.47 Å². The minimum atomic E-state index is -1.18. The number of carbonyl (C=O) groups excluding carboxylic acids is 1. The zero-order valence-electron chi connectivity index (χ0n) is 23.6. The number of aliphatic hydroxyl groups excluding tert-OH is 2. The number of carboxylic acid groups (broad SMARTS) is 2. The number of aliphatic carboxylic acids is 2. The predicted molar refractivity (Wildman–Crippen MR) is 138 cm³/mol. The van der Waals surface area contributed by atoms with E-state index in [1.54, 1.807) is 26.0 Å². The molecule has 214 valence electrons. The van der Waals surface area contributed by atoms with E-state index in [2.05, 4.69) is 14.6 Å². The largest absolute Gasteiger partial charge is 1.00 e. The first kappa shape index (κ1) is 47.4. The molecule has 0 bridgehead atoms. The zero-order valence-corrected chi connectivity index (χ0v) is 30.4. The van der Waals surface area contributed by atoms with Crippen LogP contribution in [0.15, 0.2) is 24.3 Å². The van der Waals surface area contributed by atoms with Crippen molar-refractivity contribution in [2.45, 2.75) is 26.3 Å². The minimum absolute atomic E-state index is 0. The predicted octanol–water partition coefficient (Wildman–Crippen LogP) is -3.28. The van der Waals surface area contributed by atoms with Crippen molar-refractivity contribution in [1.29, 1.82) is 0 Å². The molecule has 2 aromatic rings. The van der Waals surface area contributed by atoms with Crippen LogP contribution in [-0.4, -0.2) is 58.1 Å². The van der Waals surface area contributed by atoms with Gasteiger partial charge in [0.2, 0.25) is 11.4 Å². The second kappa shape index (κ2) is 27.0. The number of halogens is 3. The molecule has 12 nitrogen and oxygen atoms in total. The molecule has 0 radical (unpaired) electrons. The van der Waals surface area contributed by atoms with Gasteiger partial charge in [0.15, 0.2) is 0 Å². The average molecular weight is 669 g/mol. The molecule has 17 heteroatoms. The minimum Gasteiger partial charge on any atom is -1.00 e. The number of carbonyl (C=O) groups is 3. The molecule has 0 saturated heterocycles. The fourth-order valence-electron chi connectivity index (χ4n) is 2.33. The van der Waals surface area contributed by atoms with E-state index in [1.807, 2.05) is 0 Å². The van der Waals surface area contributed by atoms with Gasteiger partial charge in [0.1, 0.15) is 11.9 Å². The van der Waals surface area contributed by atoms with Crippen LogP contribution in [0, 0.1) is 38.7 Å². The van der Waals surface area contributed by atoms with Crippen LogP contribution in [0.25, 0.3) is 9.69 Å². The van der Waals surface area contributed by atoms with Gasteiger partial charge in [-0.1, -0.05) is 41.4 Å². The van der Waals surface area contributed by atoms with Gasteiger partial charge >= 0.3 is 115 Å². The Morgan fingerprint density at radius 3 is 1.78 bits per heavy atom. The molecule has 0 unspecified atom stereocenters. The number of hydrogen-bond donors (Lipinski definition) is 5. The third-order valence-corrected chi connectivity index (χ3v) is 5.56. The smallest absolute Gasteiger partial charge is 1.00 e. The number of nitrogens with two attached hydrogens (primary N) is 1. The van der Waals surface area contributed by atoms with Crippen LogP contribution in [0.4, 0.5) is 15.8 Å². The van der Waals surface area contributed by atoms with Gasteiger partial charge < -0.3 is 37.7 Å². The molecule has 0 spiro atoms. The first-order valence-electron chi connectivity index (χ1n) is 10.4. The summed E-state index contributed by atoms with van der Waals surface area (Å²) in [7, 11) is 0. The average Bonchev–Trinajstić information content (AvgIpc) is 2.92. The third-order valence-electron chi connectivity index (χ3n) is 4.61. The van der Waals surface area contributed by atoms with Gasteiger partial charge in [0, 0.05) is 0 Å². The number of nitrogens with zero attached hydrogens (tertiary/aromatic N) is 2. The molecule has 6 N–H and O–H groups in total. The van der Waals surface area contributed by atoms with Crippen molar-refractivity contribution in [3.8, 4) is 0 Å². The number of benzene rings is 2. The van der Waals surface area contributed by atoms with Gasteiger partial charge in [-0.2, -0.15) is 0 Å². The van der Waals surface area contributed by atoms with Gasteiger partial charge in [-0.15, -0.1) is 0 Å². The van der Waals surface area contributed by atoms with Crippen LogP contribution in [0.2, 0.25) is 10.0 Å². The van der Waals surface area contributed by atoms with Gasteiger partial charge in [0.05, 0.1) is 42.3 Å². The molecule has 2 atom stereocenters. The molecule has 0 aliphatic rings. The van der Waals surface area contributed by atoms with E-state index < -0.39 is 37.1 Å². The maximum absolute atomic E-state index is 12.7. The van der Waals surface area contributed by atoms with Crippen LogP contribution in [0.3, 0.4) is 0 Å². The van der Waals surface area contributed by atoms with Gasteiger partial charge in [-0.05, 0) is 43.0 Å². The number of carboxylic acids is 2. The Bertz CT molecular complexity index is 1220. The molecule has 0 aliphatic heterocycles. The summed E-state index contributed by atoms with van der Waals surface area (Å²) in [6.45, 7) is 15.8. The van der Waals surface area contributed by atoms with E-state index in [0.29, 0.717) is 27.5 Å². The van der Waals surface area contributed by atoms with Crippen molar-refractivity contribution in [3.05, 3.63) is 79.7 Å². The number of aliphatic hydroxyl groups is 2. The topological polar surface area (TPSA) is 199 Å². The maximum atomic E-state index is 12.7. The van der Waals surface area contributed by atoms with Crippen molar-refractivity contribution in [2.75, 3.05) is 13.2 Å². The van der Waals surface area contributed by atoms with Crippen molar-refractivity contribution >= 4 is 53.0 Å². The van der Waals surface area contributed by atoms with Crippen molar-refractivity contribution < 1.29 is 154 Å². The molecule has 0 saturated carbocycles. The van der Waals surface area contributed by atoms with Crippen molar-refractivity contribution in [3.63, 3.8) is 0 Å². The Kier molecular flexibility index (Phi) is 31.2. The fraction of sp³-hybridized carbons (Fsp3) is 0.292. The summed E-state index contributed by atoms with van der Waals surface area (Å²) >= 11 is 11.6. The van der Waals surface area contributed by atoms with Crippen molar-refractivity contribution in [1.82, 2.24) is 0 Å². The van der Waals surface area contributed by atoms with Crippen LogP contribution in [0.1, 0.15) is 18.1 Å². The normalized spacial score (nSPS) is 10.2. The van der Waals surface area contributed by atoms with Crippen LogP contribution in [0.5, 0.6) is 0 Å². The second-order valence-corrected chi connectivity index (χ2v) is 7.91.